The molecule has 1 fully saturated rings. The number of aromatic amines is 1. The average molecular weight is 540 g/mol. The van der Waals surface area contributed by atoms with Crippen molar-refractivity contribution < 1.29 is 18.0 Å². The van der Waals surface area contributed by atoms with Crippen molar-refractivity contribution >= 4 is 22.9 Å². The lowest BCUT2D eigenvalue weighted by Gasteiger charge is -2.20. The van der Waals surface area contributed by atoms with Crippen molar-refractivity contribution in [1.82, 2.24) is 29.1 Å². The van der Waals surface area contributed by atoms with Crippen molar-refractivity contribution in [3.8, 4) is 11.4 Å². The van der Waals surface area contributed by atoms with E-state index >= 15 is 0 Å². The summed E-state index contributed by atoms with van der Waals surface area (Å²) in [6.45, 7) is 6.02. The number of carbonyl (C=O) groups excluding carboxylic acids is 1. The van der Waals surface area contributed by atoms with Gasteiger partial charge in [-0.3, -0.25) is 28.6 Å². The molecular weight excluding hydrogens is 515 g/mol. The molecule has 5 rings (SSSR count). The first-order chi connectivity index (χ1) is 18.6. The smallest absolute Gasteiger partial charge is 0.332 e. The third kappa shape index (κ3) is 4.87. The van der Waals surface area contributed by atoms with Gasteiger partial charge in [0.15, 0.2) is 5.65 Å². The molecule has 0 atom stereocenters. The summed E-state index contributed by atoms with van der Waals surface area (Å²) in [5.41, 5.74) is -0.941. The van der Waals surface area contributed by atoms with Crippen molar-refractivity contribution in [2.24, 2.45) is 0 Å². The van der Waals surface area contributed by atoms with E-state index in [0.717, 1.165) is 31.2 Å². The second-order valence-electron chi connectivity index (χ2n) is 9.16. The maximum absolute atomic E-state index is 13.1. The van der Waals surface area contributed by atoms with Crippen molar-refractivity contribution in [1.29, 1.82) is 0 Å². The summed E-state index contributed by atoms with van der Waals surface area (Å²) in [7, 11) is 0. The minimum Gasteiger partial charge on any atom is -0.332 e. The van der Waals surface area contributed by atoms with Crippen LogP contribution in [0.1, 0.15) is 48.3 Å². The molecule has 13 heteroatoms. The second-order valence-corrected chi connectivity index (χ2v) is 9.16. The minimum atomic E-state index is -4.62. The topological polar surface area (TPSA) is 119 Å². The maximum atomic E-state index is 13.1. The summed E-state index contributed by atoms with van der Waals surface area (Å²) in [6, 6.07) is 4.88. The number of anilines is 1. The number of amides is 1. The first-order valence-electron chi connectivity index (χ1n) is 12.3. The van der Waals surface area contributed by atoms with Crippen LogP contribution in [0.4, 0.5) is 19.0 Å². The zero-order valence-corrected chi connectivity index (χ0v) is 20.9. The Kier molecular flexibility index (Phi) is 6.66. The van der Waals surface area contributed by atoms with Gasteiger partial charge in [-0.2, -0.15) is 13.2 Å². The fourth-order valence-electron chi connectivity index (χ4n) is 4.29. The molecule has 0 radical (unpaired) electrons. The third-order valence-corrected chi connectivity index (χ3v) is 6.32. The number of hydrogen-bond acceptors (Lipinski definition) is 6. The number of nitrogens with zero attached hydrogens (tertiary/aromatic N) is 6. The fraction of sp³-hybridized carbons (Fsp3) is 0.308. The number of alkyl halides is 3. The molecule has 0 bridgehead atoms. The Balaban J connectivity index is 1.48. The Labute approximate surface area is 219 Å². The average Bonchev–Trinajstić information content (AvgIpc) is 3.65. The molecule has 202 valence electrons. The van der Waals surface area contributed by atoms with Gasteiger partial charge in [-0.1, -0.05) is 13.0 Å². The predicted molar refractivity (Wildman–Crippen MR) is 138 cm³/mol. The van der Waals surface area contributed by atoms with Crippen molar-refractivity contribution in [2.75, 3.05) is 11.4 Å². The lowest BCUT2D eigenvalue weighted by Crippen LogP contribution is -2.39. The van der Waals surface area contributed by atoms with Gasteiger partial charge in [0.05, 0.1) is 5.56 Å². The van der Waals surface area contributed by atoms with E-state index in [0.29, 0.717) is 24.4 Å². The number of aryl methyl sites for hydroxylation is 1. The number of halogens is 3. The van der Waals surface area contributed by atoms with E-state index in [-0.39, 0.29) is 40.8 Å². The van der Waals surface area contributed by atoms with Crippen LogP contribution in [0, 0.1) is 0 Å². The number of aromatic nitrogens is 6. The van der Waals surface area contributed by atoms with E-state index in [1.807, 2.05) is 6.92 Å². The van der Waals surface area contributed by atoms with Crippen molar-refractivity contribution in [3.63, 3.8) is 0 Å². The molecular formula is C26H24F3N7O3. The van der Waals surface area contributed by atoms with Gasteiger partial charge >= 0.3 is 11.9 Å². The number of rotatable bonds is 8. The van der Waals surface area contributed by atoms with Crippen LogP contribution < -0.4 is 16.1 Å². The summed E-state index contributed by atoms with van der Waals surface area (Å²) in [5, 5.41) is 0. The van der Waals surface area contributed by atoms with E-state index in [9.17, 15) is 27.6 Å². The Hall–Kier alpha value is -4.55. The largest absolute Gasteiger partial charge is 0.433 e. The Morgan fingerprint density at radius 1 is 1.18 bits per heavy atom. The molecule has 0 spiro atoms. The predicted octanol–water partition coefficient (Wildman–Crippen LogP) is 3.94. The molecule has 4 heterocycles. The number of nitrogens with one attached hydrogen (secondary N) is 1. The molecule has 0 aromatic carbocycles. The lowest BCUT2D eigenvalue weighted by atomic mass is 10.2. The summed E-state index contributed by atoms with van der Waals surface area (Å²) in [6.07, 6.45) is 1.40. The van der Waals surface area contributed by atoms with Gasteiger partial charge in [0.1, 0.15) is 22.9 Å². The molecule has 0 aliphatic heterocycles. The molecule has 4 aromatic rings. The highest BCUT2D eigenvalue weighted by Gasteiger charge is 2.33. The highest BCUT2D eigenvalue weighted by Crippen LogP contribution is 2.32. The molecule has 0 saturated heterocycles. The normalized spacial score (nSPS) is 13.5. The first kappa shape index (κ1) is 26.1. The molecule has 1 N–H and O–H groups in total. The molecule has 1 saturated carbocycles. The van der Waals surface area contributed by atoms with Gasteiger partial charge < -0.3 is 4.98 Å². The standard InChI is InChI=1S/C26H24F3N7O3/c1-3-11-34(23(37)16-5-9-18(30-14-16)26(27,28)29)19-10-6-15(13-31-19)21-32-20-22(33-21)35(12-4-2)25(39)36(24(20)38)17-7-8-17/h3,5-6,9-10,13-14,17H,1,4,7-8,11-12H2,2H3,(H,32,33). The van der Waals surface area contributed by atoms with Crippen LogP contribution in [0.25, 0.3) is 22.6 Å². The van der Waals surface area contributed by atoms with Crippen LogP contribution in [-0.2, 0) is 12.7 Å². The van der Waals surface area contributed by atoms with Crippen molar-refractivity contribution in [2.45, 2.75) is 44.9 Å². The fourth-order valence-corrected chi connectivity index (χ4v) is 4.29. The number of fused-ring (bicyclic) bond motifs is 1. The van der Waals surface area contributed by atoms with Crippen molar-refractivity contribution in [3.05, 3.63) is 81.4 Å². The van der Waals surface area contributed by atoms with Gasteiger partial charge in [0.2, 0.25) is 0 Å². The zero-order valence-electron chi connectivity index (χ0n) is 20.9. The number of carbonyl (C=O) groups is 1. The number of imidazole rings is 1. The molecule has 0 unspecified atom stereocenters. The van der Waals surface area contributed by atoms with Crippen LogP contribution in [0.2, 0.25) is 0 Å². The Morgan fingerprint density at radius 2 is 1.95 bits per heavy atom. The van der Waals surface area contributed by atoms with Crippen LogP contribution >= 0.6 is 0 Å². The number of pyridine rings is 2. The number of hydrogen-bond donors (Lipinski definition) is 1. The van der Waals surface area contributed by atoms with E-state index < -0.39 is 23.3 Å². The van der Waals surface area contributed by atoms with Crippen LogP contribution in [0.15, 0.2) is 58.9 Å². The van der Waals surface area contributed by atoms with Gasteiger partial charge in [-0.15, -0.1) is 6.58 Å². The van der Waals surface area contributed by atoms with E-state index in [2.05, 4.69) is 26.5 Å². The van der Waals surface area contributed by atoms with E-state index in [4.69, 9.17) is 0 Å². The summed E-state index contributed by atoms with van der Waals surface area (Å²) in [5.74, 6) is -0.0598. The summed E-state index contributed by atoms with van der Waals surface area (Å²) in [4.78, 5) is 55.6. The molecule has 1 aliphatic carbocycles. The highest BCUT2D eigenvalue weighted by molar-refractivity contribution is 6.05. The van der Waals surface area contributed by atoms with Gasteiger partial charge in [0, 0.05) is 37.1 Å². The monoisotopic (exact) mass is 539 g/mol. The SMILES string of the molecule is C=CCN(C(=O)c1ccc(C(F)(F)F)nc1)c1ccc(-c2nc3c([nH]2)c(=O)n(C2CC2)c(=O)n3CCC)cn1. The summed E-state index contributed by atoms with van der Waals surface area (Å²) >= 11 is 0. The molecule has 4 aromatic heterocycles. The van der Waals surface area contributed by atoms with Gasteiger partial charge in [-0.05, 0) is 43.5 Å². The Morgan fingerprint density at radius 3 is 2.51 bits per heavy atom. The highest BCUT2D eigenvalue weighted by atomic mass is 19.4. The summed E-state index contributed by atoms with van der Waals surface area (Å²) < 4.78 is 41.3. The maximum Gasteiger partial charge on any atom is 0.433 e. The van der Waals surface area contributed by atoms with E-state index in [1.54, 1.807) is 12.1 Å². The lowest BCUT2D eigenvalue weighted by molar-refractivity contribution is -0.141. The molecule has 1 aliphatic rings. The van der Waals surface area contributed by atoms with Gasteiger partial charge in [0.25, 0.3) is 11.5 Å². The molecule has 10 nitrogen and oxygen atoms in total. The Bertz CT molecular complexity index is 1670. The molecule has 1 amide bonds. The third-order valence-electron chi connectivity index (χ3n) is 6.32. The first-order valence-corrected chi connectivity index (χ1v) is 12.3. The zero-order chi connectivity index (χ0) is 27.9. The molecule has 39 heavy (non-hydrogen) atoms. The van der Waals surface area contributed by atoms with Crippen LogP contribution in [0.3, 0.4) is 0 Å². The van der Waals surface area contributed by atoms with Crippen LogP contribution in [0.5, 0.6) is 0 Å². The second kappa shape index (κ2) is 9.97. The van der Waals surface area contributed by atoms with E-state index in [1.165, 1.54) is 26.3 Å². The number of H-pyrrole nitrogens is 1. The minimum absolute atomic E-state index is 0.0425. The van der Waals surface area contributed by atoms with Crippen LogP contribution in [-0.4, -0.2) is 41.5 Å². The van der Waals surface area contributed by atoms with Gasteiger partial charge in [-0.25, -0.2) is 14.8 Å². The quantitative estimate of drug-likeness (QED) is 0.339.